The molecule has 20 heavy (non-hydrogen) atoms. The van der Waals surface area contributed by atoms with Crippen LogP contribution in [0.15, 0.2) is 18.7 Å². The molecular weight excluding hydrogens is 274 g/mol. The van der Waals surface area contributed by atoms with Crippen LogP contribution in [0.2, 0.25) is 0 Å². The molecule has 0 amide bonds. The van der Waals surface area contributed by atoms with E-state index in [4.69, 9.17) is 0 Å². The fourth-order valence-electron chi connectivity index (χ4n) is 2.86. The zero-order chi connectivity index (χ0) is 14.4. The molecule has 0 aromatic carbocycles. The van der Waals surface area contributed by atoms with E-state index in [9.17, 15) is 8.42 Å². The molecule has 5 nitrogen and oxygen atoms in total. The number of nitrogens with one attached hydrogen (secondary N) is 1. The van der Waals surface area contributed by atoms with Crippen LogP contribution < -0.4 is 5.32 Å². The smallest absolute Gasteiger partial charge is 0.150 e. The Morgan fingerprint density at radius 1 is 1.35 bits per heavy atom. The number of unbranched alkanes of at least 4 members (excludes halogenated alkanes) is 1. The maximum atomic E-state index is 11.6. The third-order valence-corrected chi connectivity index (χ3v) is 5.71. The lowest BCUT2D eigenvalue weighted by atomic mass is 9.95. The summed E-state index contributed by atoms with van der Waals surface area (Å²) >= 11 is 0. The van der Waals surface area contributed by atoms with Crippen molar-refractivity contribution >= 4 is 9.84 Å². The summed E-state index contributed by atoms with van der Waals surface area (Å²) in [4.78, 5) is 4.02. The van der Waals surface area contributed by atoms with Crippen LogP contribution in [0.25, 0.3) is 0 Å². The number of sulfone groups is 1. The molecule has 0 spiro atoms. The van der Waals surface area contributed by atoms with Crippen LogP contribution in [-0.4, -0.2) is 42.1 Å². The average molecular weight is 299 g/mol. The highest BCUT2D eigenvalue weighted by Crippen LogP contribution is 2.23. The molecule has 0 bridgehead atoms. The molecular formula is C14H25N3O2S. The van der Waals surface area contributed by atoms with Crippen molar-refractivity contribution in [3.05, 3.63) is 18.7 Å². The molecule has 2 unspecified atom stereocenters. The first-order chi connectivity index (χ1) is 9.55. The molecule has 114 valence electrons. The summed E-state index contributed by atoms with van der Waals surface area (Å²) in [5.74, 6) is 0. The Hall–Kier alpha value is -0.880. The van der Waals surface area contributed by atoms with E-state index in [1.165, 1.54) is 6.26 Å². The highest BCUT2D eigenvalue weighted by Gasteiger charge is 2.28. The van der Waals surface area contributed by atoms with Gasteiger partial charge in [0.1, 0.15) is 9.84 Å². The Morgan fingerprint density at radius 2 is 2.20 bits per heavy atom. The van der Waals surface area contributed by atoms with Gasteiger partial charge in [0.2, 0.25) is 0 Å². The van der Waals surface area contributed by atoms with E-state index in [1.54, 1.807) is 6.20 Å². The number of aromatic nitrogens is 2. The van der Waals surface area contributed by atoms with Gasteiger partial charge in [-0.2, -0.15) is 0 Å². The largest absolute Gasteiger partial charge is 0.337 e. The van der Waals surface area contributed by atoms with Gasteiger partial charge >= 0.3 is 0 Å². The third kappa shape index (κ3) is 4.90. The number of hydrogen-bond donors (Lipinski definition) is 1. The first-order valence-electron chi connectivity index (χ1n) is 7.43. The van der Waals surface area contributed by atoms with Crippen LogP contribution in [-0.2, 0) is 16.4 Å². The van der Waals surface area contributed by atoms with Gasteiger partial charge in [0, 0.05) is 31.2 Å². The average Bonchev–Trinajstić information content (AvgIpc) is 2.91. The molecule has 1 saturated carbocycles. The normalized spacial score (nSPS) is 23.9. The van der Waals surface area contributed by atoms with Crippen LogP contribution in [0.3, 0.4) is 0 Å². The molecule has 1 aromatic heterocycles. The second-order valence-corrected chi connectivity index (χ2v) is 8.10. The van der Waals surface area contributed by atoms with Crippen LogP contribution in [0, 0.1) is 0 Å². The fourth-order valence-corrected chi connectivity index (χ4v) is 4.04. The van der Waals surface area contributed by atoms with E-state index in [0.717, 1.165) is 51.6 Å². The number of rotatable bonds is 7. The molecule has 0 saturated heterocycles. The fraction of sp³-hybridized carbons (Fsp3) is 0.786. The maximum Gasteiger partial charge on any atom is 0.150 e. The first kappa shape index (κ1) is 15.5. The first-order valence-corrected chi connectivity index (χ1v) is 9.39. The van der Waals surface area contributed by atoms with Gasteiger partial charge in [-0.3, -0.25) is 0 Å². The van der Waals surface area contributed by atoms with Crippen molar-refractivity contribution in [3.63, 3.8) is 0 Å². The lowest BCUT2D eigenvalue weighted by Crippen LogP contribution is -2.39. The topological polar surface area (TPSA) is 64.0 Å². The van der Waals surface area contributed by atoms with E-state index < -0.39 is 9.84 Å². The summed E-state index contributed by atoms with van der Waals surface area (Å²) in [6.45, 7) is 1.97. The Morgan fingerprint density at radius 3 is 2.90 bits per heavy atom. The van der Waals surface area contributed by atoms with Gasteiger partial charge < -0.3 is 9.88 Å². The highest BCUT2D eigenvalue weighted by atomic mass is 32.2. The second-order valence-electron chi connectivity index (χ2n) is 5.78. The predicted molar refractivity (Wildman–Crippen MR) is 80.4 cm³/mol. The number of hydrogen-bond acceptors (Lipinski definition) is 4. The van der Waals surface area contributed by atoms with E-state index >= 15 is 0 Å². The molecule has 0 aliphatic heterocycles. The Labute approximate surface area is 121 Å². The minimum Gasteiger partial charge on any atom is -0.337 e. The molecule has 6 heteroatoms. The molecule has 2 atom stereocenters. The van der Waals surface area contributed by atoms with Crippen molar-refractivity contribution in [2.45, 2.75) is 56.4 Å². The lowest BCUT2D eigenvalue weighted by Gasteiger charge is -2.28. The summed E-state index contributed by atoms with van der Waals surface area (Å²) in [7, 11) is -2.87. The molecule has 1 N–H and O–H groups in total. The van der Waals surface area contributed by atoms with Gasteiger partial charge in [-0.15, -0.1) is 0 Å². The van der Waals surface area contributed by atoms with Gasteiger partial charge in [-0.1, -0.05) is 6.42 Å². The molecule has 2 rings (SSSR count). The van der Waals surface area contributed by atoms with Crippen LogP contribution >= 0.6 is 0 Å². The Kier molecular flexibility index (Phi) is 5.60. The van der Waals surface area contributed by atoms with Crippen molar-refractivity contribution in [2.75, 3.05) is 12.8 Å². The molecule has 1 aromatic rings. The Bertz CT molecular complexity index is 485. The quantitative estimate of drug-likeness (QED) is 0.777. The molecule has 1 aliphatic carbocycles. The predicted octanol–water partition coefficient (Wildman–Crippen LogP) is 1.61. The number of aryl methyl sites for hydroxylation is 1. The van der Waals surface area contributed by atoms with Gasteiger partial charge in [-0.25, -0.2) is 13.4 Å². The maximum absolute atomic E-state index is 11.6. The summed E-state index contributed by atoms with van der Waals surface area (Å²) in [5.41, 5.74) is 0. The molecule has 1 heterocycles. The zero-order valence-corrected chi connectivity index (χ0v) is 13.0. The van der Waals surface area contributed by atoms with Crippen LogP contribution in [0.1, 0.15) is 38.5 Å². The molecule has 1 aliphatic rings. The van der Waals surface area contributed by atoms with Gasteiger partial charge in [0.05, 0.1) is 11.6 Å². The van der Waals surface area contributed by atoms with E-state index in [0.29, 0.717) is 6.04 Å². The van der Waals surface area contributed by atoms with Crippen molar-refractivity contribution in [3.8, 4) is 0 Å². The monoisotopic (exact) mass is 299 g/mol. The molecule has 1 fully saturated rings. The minimum absolute atomic E-state index is 0.139. The highest BCUT2D eigenvalue weighted by molar-refractivity contribution is 7.91. The van der Waals surface area contributed by atoms with Crippen LogP contribution in [0.5, 0.6) is 0 Å². The van der Waals surface area contributed by atoms with Crippen LogP contribution in [0.4, 0.5) is 0 Å². The van der Waals surface area contributed by atoms with E-state index in [2.05, 4.69) is 14.9 Å². The van der Waals surface area contributed by atoms with Crippen molar-refractivity contribution in [2.24, 2.45) is 0 Å². The SMILES string of the molecule is CS(=O)(=O)C1CCCC(NCCCCn2ccnc2)C1. The minimum atomic E-state index is -2.87. The van der Waals surface area contributed by atoms with E-state index in [1.807, 2.05) is 12.5 Å². The van der Waals surface area contributed by atoms with Crippen molar-refractivity contribution in [1.29, 1.82) is 0 Å². The second kappa shape index (κ2) is 7.22. The van der Waals surface area contributed by atoms with Gasteiger partial charge in [-0.05, 0) is 38.6 Å². The number of nitrogens with zero attached hydrogens (tertiary/aromatic N) is 2. The van der Waals surface area contributed by atoms with E-state index in [-0.39, 0.29) is 5.25 Å². The van der Waals surface area contributed by atoms with Gasteiger partial charge in [0.25, 0.3) is 0 Å². The third-order valence-electron chi connectivity index (χ3n) is 4.07. The zero-order valence-electron chi connectivity index (χ0n) is 12.2. The summed E-state index contributed by atoms with van der Waals surface area (Å²) < 4.78 is 25.3. The van der Waals surface area contributed by atoms with Crippen molar-refractivity contribution in [1.82, 2.24) is 14.9 Å². The molecule has 0 radical (unpaired) electrons. The summed E-state index contributed by atoms with van der Waals surface area (Å²) in [6, 6.07) is 0.372. The van der Waals surface area contributed by atoms with Crippen molar-refractivity contribution < 1.29 is 8.42 Å². The Balaban J connectivity index is 1.61. The standard InChI is InChI=1S/C14H25N3O2S/c1-20(18,19)14-6-4-5-13(11-14)16-7-2-3-9-17-10-8-15-12-17/h8,10,12-14,16H,2-7,9,11H2,1H3. The lowest BCUT2D eigenvalue weighted by molar-refractivity contribution is 0.368. The number of imidazole rings is 1. The summed E-state index contributed by atoms with van der Waals surface area (Å²) in [6.07, 6.45) is 12.9. The van der Waals surface area contributed by atoms with Gasteiger partial charge in [0.15, 0.2) is 0 Å². The summed E-state index contributed by atoms with van der Waals surface area (Å²) in [5, 5.41) is 3.38.